The molecule has 3 aromatic rings. The molecule has 1 aliphatic heterocycles. The van der Waals surface area contributed by atoms with Crippen LogP contribution in [0.25, 0.3) is 11.0 Å². The van der Waals surface area contributed by atoms with Crippen LogP contribution in [0, 0.1) is 6.92 Å². The first kappa shape index (κ1) is 23.6. The van der Waals surface area contributed by atoms with Crippen LogP contribution in [0.4, 0.5) is 10.8 Å². The standard InChI is InChI=1S/C21H25N7O5S/c1-12-15(20(30)32-3)19(34-16(12)21(31)33-4)25-14(29)10-27-5-7-28(8-6-27)18-13-9-24-26(2)17(13)22-11-23-18/h9,11H,5-8,10H2,1-4H3,(H,25,29). The van der Waals surface area contributed by atoms with Crippen LogP contribution in [0.15, 0.2) is 12.5 Å². The van der Waals surface area contributed by atoms with E-state index in [0.29, 0.717) is 31.7 Å². The van der Waals surface area contributed by atoms with Gasteiger partial charge in [0, 0.05) is 33.2 Å². The molecule has 0 saturated carbocycles. The number of piperazine rings is 1. The molecule has 1 fully saturated rings. The first-order valence-electron chi connectivity index (χ1n) is 10.5. The van der Waals surface area contributed by atoms with E-state index in [9.17, 15) is 14.4 Å². The van der Waals surface area contributed by atoms with Crippen molar-refractivity contribution < 1.29 is 23.9 Å². The number of rotatable bonds is 6. The predicted octanol–water partition coefficient (Wildman–Crippen LogP) is 1.07. The molecule has 0 bridgehead atoms. The van der Waals surface area contributed by atoms with Gasteiger partial charge in [0.1, 0.15) is 22.0 Å². The first-order valence-corrected chi connectivity index (χ1v) is 11.4. The molecule has 4 heterocycles. The maximum atomic E-state index is 12.8. The summed E-state index contributed by atoms with van der Waals surface area (Å²) in [7, 11) is 4.35. The number of aromatic nitrogens is 4. The Balaban J connectivity index is 1.41. The number of esters is 2. The molecular weight excluding hydrogens is 462 g/mol. The van der Waals surface area contributed by atoms with Crippen molar-refractivity contribution in [2.45, 2.75) is 6.92 Å². The molecule has 0 unspecified atom stereocenters. The molecule has 12 nitrogen and oxygen atoms in total. The number of anilines is 2. The SMILES string of the molecule is COC(=O)c1sc(NC(=O)CN2CCN(c3ncnc4c3cnn4C)CC2)c(C(=O)OC)c1C. The normalized spacial score (nSPS) is 14.3. The van der Waals surface area contributed by atoms with E-state index in [0.717, 1.165) is 28.2 Å². The monoisotopic (exact) mass is 487 g/mol. The topological polar surface area (TPSA) is 132 Å². The average molecular weight is 488 g/mol. The minimum absolute atomic E-state index is 0.144. The van der Waals surface area contributed by atoms with Gasteiger partial charge in [-0.3, -0.25) is 14.4 Å². The van der Waals surface area contributed by atoms with E-state index < -0.39 is 11.9 Å². The summed E-state index contributed by atoms with van der Waals surface area (Å²) in [6, 6.07) is 0. The third-order valence-corrected chi connectivity index (χ3v) is 6.89. The smallest absolute Gasteiger partial charge is 0.348 e. The van der Waals surface area contributed by atoms with Crippen molar-refractivity contribution in [2.75, 3.05) is 57.2 Å². The average Bonchev–Trinajstić information content (AvgIpc) is 3.38. The number of nitrogens with zero attached hydrogens (tertiary/aromatic N) is 6. The fourth-order valence-electron chi connectivity index (χ4n) is 3.93. The number of carbonyl (C=O) groups excluding carboxylic acids is 3. The Hall–Kier alpha value is -3.58. The summed E-state index contributed by atoms with van der Waals surface area (Å²) in [5, 5.41) is 8.19. The molecule has 1 N–H and O–H groups in total. The number of thiophene rings is 1. The quantitative estimate of drug-likeness (QED) is 0.504. The van der Waals surface area contributed by atoms with Crippen LogP contribution in [0.1, 0.15) is 25.6 Å². The number of ether oxygens (including phenoxy) is 2. The first-order chi connectivity index (χ1) is 16.3. The fraction of sp³-hybridized carbons (Fsp3) is 0.429. The summed E-state index contributed by atoms with van der Waals surface area (Å²) in [4.78, 5) is 50.2. The van der Waals surface area contributed by atoms with E-state index in [4.69, 9.17) is 9.47 Å². The van der Waals surface area contributed by atoms with Gasteiger partial charge < -0.3 is 19.7 Å². The van der Waals surface area contributed by atoms with Crippen LogP contribution in [0.3, 0.4) is 0 Å². The van der Waals surface area contributed by atoms with Crippen LogP contribution in [-0.2, 0) is 21.3 Å². The van der Waals surface area contributed by atoms with Gasteiger partial charge in [-0.15, -0.1) is 11.3 Å². The molecule has 34 heavy (non-hydrogen) atoms. The van der Waals surface area contributed by atoms with Crippen molar-refractivity contribution >= 4 is 51.0 Å². The number of carbonyl (C=O) groups is 3. The van der Waals surface area contributed by atoms with Crippen molar-refractivity contribution in [1.29, 1.82) is 0 Å². The largest absolute Gasteiger partial charge is 0.465 e. The highest BCUT2D eigenvalue weighted by atomic mass is 32.1. The summed E-state index contributed by atoms with van der Waals surface area (Å²) in [5.41, 5.74) is 1.35. The Morgan fingerprint density at radius 2 is 1.79 bits per heavy atom. The Labute approximate surface area is 199 Å². The Bertz CT molecular complexity index is 1250. The van der Waals surface area contributed by atoms with Gasteiger partial charge >= 0.3 is 11.9 Å². The second kappa shape index (κ2) is 9.73. The van der Waals surface area contributed by atoms with Gasteiger partial charge in [-0.2, -0.15) is 5.10 Å². The zero-order valence-corrected chi connectivity index (χ0v) is 20.1. The number of methoxy groups -OCH3 is 2. The number of hydrogen-bond donors (Lipinski definition) is 1. The van der Waals surface area contributed by atoms with Crippen molar-refractivity contribution in [3.63, 3.8) is 0 Å². The van der Waals surface area contributed by atoms with E-state index in [1.807, 2.05) is 11.9 Å². The maximum absolute atomic E-state index is 12.8. The highest BCUT2D eigenvalue weighted by molar-refractivity contribution is 7.18. The summed E-state index contributed by atoms with van der Waals surface area (Å²) >= 11 is 0.997. The van der Waals surface area contributed by atoms with Crippen molar-refractivity contribution in [3.8, 4) is 0 Å². The molecule has 0 atom stereocenters. The number of fused-ring (bicyclic) bond motifs is 1. The number of aryl methyl sites for hydroxylation is 1. The van der Waals surface area contributed by atoms with Crippen molar-refractivity contribution in [3.05, 3.63) is 28.5 Å². The van der Waals surface area contributed by atoms with E-state index in [-0.39, 0.29) is 27.9 Å². The molecular formula is C21H25N7O5S. The van der Waals surface area contributed by atoms with Gasteiger partial charge in [0.2, 0.25) is 5.91 Å². The Morgan fingerprint density at radius 1 is 1.09 bits per heavy atom. The Kier molecular flexibility index (Phi) is 6.75. The molecule has 180 valence electrons. The second-order valence-electron chi connectivity index (χ2n) is 7.76. The summed E-state index contributed by atoms with van der Waals surface area (Å²) in [6.45, 7) is 4.44. The molecule has 1 amide bonds. The number of amides is 1. The summed E-state index contributed by atoms with van der Waals surface area (Å²) in [6.07, 6.45) is 3.29. The van der Waals surface area contributed by atoms with E-state index in [1.54, 1.807) is 17.8 Å². The van der Waals surface area contributed by atoms with Crippen molar-refractivity contribution in [1.82, 2.24) is 24.6 Å². The van der Waals surface area contributed by atoms with Gasteiger partial charge in [-0.25, -0.2) is 19.6 Å². The lowest BCUT2D eigenvalue weighted by Gasteiger charge is -2.35. The minimum atomic E-state index is -0.626. The zero-order chi connectivity index (χ0) is 24.4. The van der Waals surface area contributed by atoms with Crippen LogP contribution < -0.4 is 10.2 Å². The third kappa shape index (κ3) is 4.43. The van der Waals surface area contributed by atoms with Crippen LogP contribution in [0.5, 0.6) is 0 Å². The van der Waals surface area contributed by atoms with Gasteiger partial charge in [0.25, 0.3) is 0 Å². The van der Waals surface area contributed by atoms with E-state index in [1.165, 1.54) is 20.5 Å². The summed E-state index contributed by atoms with van der Waals surface area (Å²) in [5.74, 6) is -0.654. The molecule has 0 aliphatic carbocycles. The maximum Gasteiger partial charge on any atom is 0.348 e. The molecule has 4 rings (SSSR count). The third-order valence-electron chi connectivity index (χ3n) is 5.71. The molecule has 1 saturated heterocycles. The van der Waals surface area contributed by atoms with Gasteiger partial charge in [-0.05, 0) is 12.5 Å². The van der Waals surface area contributed by atoms with Crippen LogP contribution >= 0.6 is 11.3 Å². The Morgan fingerprint density at radius 3 is 2.47 bits per heavy atom. The lowest BCUT2D eigenvalue weighted by atomic mass is 10.1. The predicted molar refractivity (Wildman–Crippen MR) is 125 cm³/mol. The van der Waals surface area contributed by atoms with Gasteiger partial charge in [-0.1, -0.05) is 0 Å². The van der Waals surface area contributed by atoms with Crippen LogP contribution in [-0.4, -0.2) is 89.4 Å². The number of nitrogens with one attached hydrogen (secondary N) is 1. The van der Waals surface area contributed by atoms with Crippen molar-refractivity contribution in [2.24, 2.45) is 7.05 Å². The zero-order valence-electron chi connectivity index (χ0n) is 19.3. The molecule has 0 radical (unpaired) electrons. The highest BCUT2D eigenvalue weighted by Crippen LogP contribution is 2.34. The minimum Gasteiger partial charge on any atom is -0.465 e. The number of hydrogen-bond acceptors (Lipinski definition) is 11. The van der Waals surface area contributed by atoms with E-state index in [2.05, 4.69) is 25.3 Å². The van der Waals surface area contributed by atoms with E-state index >= 15 is 0 Å². The second-order valence-corrected chi connectivity index (χ2v) is 8.78. The molecule has 0 spiro atoms. The molecule has 0 aromatic carbocycles. The molecule has 1 aliphatic rings. The van der Waals surface area contributed by atoms with Crippen LogP contribution in [0.2, 0.25) is 0 Å². The summed E-state index contributed by atoms with van der Waals surface area (Å²) < 4.78 is 11.3. The molecule has 13 heteroatoms. The lowest BCUT2D eigenvalue weighted by Crippen LogP contribution is -2.49. The van der Waals surface area contributed by atoms with Gasteiger partial charge in [0.05, 0.1) is 37.9 Å². The van der Waals surface area contributed by atoms with Gasteiger partial charge in [0.15, 0.2) is 5.65 Å². The fourth-order valence-corrected chi connectivity index (χ4v) is 5.05. The lowest BCUT2D eigenvalue weighted by molar-refractivity contribution is -0.117. The molecule has 3 aromatic heterocycles. The highest BCUT2D eigenvalue weighted by Gasteiger charge is 2.28.